The lowest BCUT2D eigenvalue weighted by Crippen LogP contribution is -2.41. The molecule has 0 bridgehead atoms. The smallest absolute Gasteiger partial charge is 0.251 e. The van der Waals surface area contributed by atoms with Gasteiger partial charge in [0, 0.05) is 30.7 Å². The standard InChI is InChI=1S/C22H28N2O5S/c1-6-30(26,27)24(4)16-9-7-15(8-10-16)21(25)23-19-14-22(2,3)29-20-13-17(28-5)11-12-18(19)20/h7-13,19H,6,14H2,1-5H3,(H,23,25). The molecule has 1 atom stereocenters. The van der Waals surface area contributed by atoms with Crippen molar-refractivity contribution in [2.45, 2.75) is 38.8 Å². The van der Waals surface area contributed by atoms with Crippen LogP contribution in [0.25, 0.3) is 0 Å². The van der Waals surface area contributed by atoms with Crippen molar-refractivity contribution in [3.05, 3.63) is 53.6 Å². The monoisotopic (exact) mass is 432 g/mol. The van der Waals surface area contributed by atoms with Crippen molar-refractivity contribution >= 4 is 21.6 Å². The van der Waals surface area contributed by atoms with Crippen LogP contribution in [0.15, 0.2) is 42.5 Å². The molecule has 1 aliphatic heterocycles. The largest absolute Gasteiger partial charge is 0.497 e. The minimum atomic E-state index is -3.35. The third-order valence-corrected chi connectivity index (χ3v) is 7.03. The van der Waals surface area contributed by atoms with Crippen molar-refractivity contribution in [2.24, 2.45) is 0 Å². The number of nitrogens with zero attached hydrogens (tertiary/aromatic N) is 1. The first-order chi connectivity index (χ1) is 14.1. The molecular weight excluding hydrogens is 404 g/mol. The highest BCUT2D eigenvalue weighted by atomic mass is 32.2. The van der Waals surface area contributed by atoms with Gasteiger partial charge in [-0.05, 0) is 57.2 Å². The van der Waals surface area contributed by atoms with Gasteiger partial charge in [0.05, 0.1) is 24.6 Å². The van der Waals surface area contributed by atoms with Crippen LogP contribution in [-0.4, -0.2) is 39.8 Å². The van der Waals surface area contributed by atoms with Gasteiger partial charge in [0.25, 0.3) is 5.91 Å². The van der Waals surface area contributed by atoms with Crippen LogP contribution in [0.5, 0.6) is 11.5 Å². The predicted molar refractivity (Wildman–Crippen MR) is 117 cm³/mol. The quantitative estimate of drug-likeness (QED) is 0.755. The number of ether oxygens (including phenoxy) is 2. The normalized spacial score (nSPS) is 17.4. The number of hydrogen-bond donors (Lipinski definition) is 1. The topological polar surface area (TPSA) is 84.9 Å². The first-order valence-electron chi connectivity index (χ1n) is 9.81. The summed E-state index contributed by atoms with van der Waals surface area (Å²) < 4.78 is 36.6. The number of rotatable bonds is 6. The molecule has 1 unspecified atom stereocenters. The van der Waals surface area contributed by atoms with Gasteiger partial charge < -0.3 is 14.8 Å². The van der Waals surface area contributed by atoms with E-state index in [1.807, 2.05) is 32.0 Å². The number of nitrogens with one attached hydrogen (secondary N) is 1. The van der Waals surface area contributed by atoms with Crippen LogP contribution in [-0.2, 0) is 10.0 Å². The number of amides is 1. The van der Waals surface area contributed by atoms with Crippen LogP contribution in [0.2, 0.25) is 0 Å². The number of hydrogen-bond acceptors (Lipinski definition) is 5. The summed E-state index contributed by atoms with van der Waals surface area (Å²) in [5, 5.41) is 3.08. The number of anilines is 1. The minimum absolute atomic E-state index is 0.00939. The number of carbonyl (C=O) groups is 1. The third-order valence-electron chi connectivity index (χ3n) is 5.26. The van der Waals surface area contributed by atoms with Crippen molar-refractivity contribution in [3.8, 4) is 11.5 Å². The Labute approximate surface area is 178 Å². The zero-order valence-electron chi connectivity index (χ0n) is 17.9. The molecule has 0 fully saturated rings. The second kappa shape index (κ2) is 8.18. The SMILES string of the molecule is CCS(=O)(=O)N(C)c1ccc(C(=O)NC2CC(C)(C)Oc3cc(OC)ccc32)cc1. The molecule has 7 nitrogen and oxygen atoms in total. The third kappa shape index (κ3) is 4.53. The van der Waals surface area contributed by atoms with Crippen LogP contribution in [0.4, 0.5) is 5.69 Å². The maximum absolute atomic E-state index is 12.9. The maximum Gasteiger partial charge on any atom is 0.251 e. The second-order valence-electron chi connectivity index (χ2n) is 7.91. The number of carbonyl (C=O) groups excluding carboxylic acids is 1. The van der Waals surface area contributed by atoms with Gasteiger partial charge in [0.1, 0.15) is 17.1 Å². The van der Waals surface area contributed by atoms with Crippen LogP contribution in [0.3, 0.4) is 0 Å². The highest BCUT2D eigenvalue weighted by Crippen LogP contribution is 2.41. The fourth-order valence-corrected chi connectivity index (χ4v) is 4.34. The van der Waals surface area contributed by atoms with Crippen LogP contribution >= 0.6 is 0 Å². The second-order valence-corrected chi connectivity index (χ2v) is 10.2. The van der Waals surface area contributed by atoms with Gasteiger partial charge in [-0.25, -0.2) is 8.42 Å². The predicted octanol–water partition coefficient (Wildman–Crippen LogP) is 3.51. The molecule has 8 heteroatoms. The summed E-state index contributed by atoms with van der Waals surface area (Å²) in [6.45, 7) is 5.55. The van der Waals surface area contributed by atoms with E-state index >= 15 is 0 Å². The van der Waals surface area contributed by atoms with Crippen molar-refractivity contribution in [1.29, 1.82) is 0 Å². The summed E-state index contributed by atoms with van der Waals surface area (Å²) in [6.07, 6.45) is 0.619. The van der Waals surface area contributed by atoms with Crippen molar-refractivity contribution in [1.82, 2.24) is 5.32 Å². The number of benzene rings is 2. The summed E-state index contributed by atoms with van der Waals surface area (Å²) >= 11 is 0. The van der Waals surface area contributed by atoms with Gasteiger partial charge >= 0.3 is 0 Å². The van der Waals surface area contributed by atoms with Crippen molar-refractivity contribution in [3.63, 3.8) is 0 Å². The van der Waals surface area contributed by atoms with Gasteiger partial charge in [-0.15, -0.1) is 0 Å². The molecule has 0 spiro atoms. The Morgan fingerprint density at radius 3 is 2.50 bits per heavy atom. The summed E-state index contributed by atoms with van der Waals surface area (Å²) in [4.78, 5) is 12.9. The minimum Gasteiger partial charge on any atom is -0.497 e. The Hall–Kier alpha value is -2.74. The lowest BCUT2D eigenvalue weighted by Gasteiger charge is -2.38. The summed E-state index contributed by atoms with van der Waals surface area (Å²) in [6, 6.07) is 11.9. The summed E-state index contributed by atoms with van der Waals surface area (Å²) in [7, 11) is -0.248. The Kier molecular flexibility index (Phi) is 5.99. The molecule has 0 radical (unpaired) electrons. The maximum atomic E-state index is 12.9. The molecule has 162 valence electrons. The van der Waals surface area contributed by atoms with E-state index in [-0.39, 0.29) is 17.7 Å². The van der Waals surface area contributed by atoms with Crippen LogP contribution in [0.1, 0.15) is 49.2 Å². The molecule has 30 heavy (non-hydrogen) atoms. The Bertz CT molecular complexity index is 1030. The van der Waals surface area contributed by atoms with E-state index in [9.17, 15) is 13.2 Å². The first-order valence-corrected chi connectivity index (χ1v) is 11.4. The van der Waals surface area contributed by atoms with E-state index in [0.717, 1.165) is 5.56 Å². The van der Waals surface area contributed by atoms with E-state index < -0.39 is 15.6 Å². The number of fused-ring (bicyclic) bond motifs is 1. The van der Waals surface area contributed by atoms with Gasteiger partial charge in [-0.1, -0.05) is 0 Å². The van der Waals surface area contributed by atoms with Gasteiger partial charge in [0.15, 0.2) is 0 Å². The molecule has 2 aromatic carbocycles. The number of sulfonamides is 1. The van der Waals surface area contributed by atoms with Crippen molar-refractivity contribution < 1.29 is 22.7 Å². The molecule has 0 saturated heterocycles. The molecular formula is C22H28N2O5S. The van der Waals surface area contributed by atoms with Crippen LogP contribution in [0, 0.1) is 0 Å². The zero-order chi connectivity index (χ0) is 22.1. The first kappa shape index (κ1) is 22.0. The summed E-state index contributed by atoms with van der Waals surface area (Å²) in [5.41, 5.74) is 1.42. The summed E-state index contributed by atoms with van der Waals surface area (Å²) in [5.74, 6) is 1.16. The highest BCUT2D eigenvalue weighted by Gasteiger charge is 2.35. The molecule has 1 heterocycles. The van der Waals surface area contributed by atoms with E-state index in [4.69, 9.17) is 9.47 Å². The molecule has 0 saturated carbocycles. The average Bonchev–Trinajstić information content (AvgIpc) is 2.71. The fraction of sp³-hybridized carbons (Fsp3) is 0.409. The zero-order valence-corrected chi connectivity index (χ0v) is 18.7. The van der Waals surface area contributed by atoms with Gasteiger partial charge in [-0.2, -0.15) is 0 Å². The molecule has 1 N–H and O–H groups in total. The Balaban J connectivity index is 1.81. The lowest BCUT2D eigenvalue weighted by atomic mass is 9.89. The number of methoxy groups -OCH3 is 1. The Morgan fingerprint density at radius 2 is 1.90 bits per heavy atom. The average molecular weight is 433 g/mol. The van der Waals surface area contributed by atoms with E-state index in [2.05, 4.69) is 5.32 Å². The van der Waals surface area contributed by atoms with Crippen molar-refractivity contribution in [2.75, 3.05) is 24.2 Å². The van der Waals surface area contributed by atoms with Gasteiger partial charge in [-0.3, -0.25) is 9.10 Å². The highest BCUT2D eigenvalue weighted by molar-refractivity contribution is 7.92. The van der Waals surface area contributed by atoms with E-state index in [1.54, 1.807) is 38.3 Å². The van der Waals surface area contributed by atoms with E-state index in [1.165, 1.54) is 11.4 Å². The Morgan fingerprint density at radius 1 is 1.23 bits per heavy atom. The molecule has 1 aliphatic rings. The molecule has 0 aromatic heterocycles. The fourth-order valence-electron chi connectivity index (χ4n) is 3.51. The molecule has 1 amide bonds. The molecule has 3 rings (SSSR count). The van der Waals surface area contributed by atoms with Gasteiger partial charge in [0.2, 0.25) is 10.0 Å². The molecule has 2 aromatic rings. The molecule has 0 aliphatic carbocycles. The van der Waals surface area contributed by atoms with Crippen LogP contribution < -0.4 is 19.1 Å². The van der Waals surface area contributed by atoms with E-state index in [0.29, 0.717) is 29.2 Å². The lowest BCUT2D eigenvalue weighted by molar-refractivity contribution is 0.0617.